The van der Waals surface area contributed by atoms with Crippen LogP contribution in [-0.2, 0) is 14.9 Å². The SMILES string of the molecule is CN(C)C(=O)C1(c2cccc(-c3cnc4ccc(Cl)cn34)n2)CCCN(C(=O)OC(C)(C)C)C1. The van der Waals surface area contributed by atoms with Gasteiger partial charge >= 0.3 is 6.09 Å². The zero-order valence-corrected chi connectivity index (χ0v) is 21.0. The van der Waals surface area contributed by atoms with Crippen LogP contribution in [-0.4, -0.2) is 69.0 Å². The zero-order chi connectivity index (χ0) is 24.7. The average molecular weight is 484 g/mol. The van der Waals surface area contributed by atoms with Crippen LogP contribution in [0.2, 0.25) is 5.02 Å². The summed E-state index contributed by atoms with van der Waals surface area (Å²) in [5.74, 6) is -0.0911. The van der Waals surface area contributed by atoms with Crippen LogP contribution in [0.15, 0.2) is 42.7 Å². The van der Waals surface area contributed by atoms with E-state index in [1.54, 1.807) is 42.4 Å². The highest BCUT2D eigenvalue weighted by Gasteiger charge is 2.47. The van der Waals surface area contributed by atoms with Crippen LogP contribution in [0.4, 0.5) is 4.79 Å². The third-order valence-electron chi connectivity index (χ3n) is 5.93. The summed E-state index contributed by atoms with van der Waals surface area (Å²) in [7, 11) is 3.46. The van der Waals surface area contributed by atoms with Gasteiger partial charge in [-0.25, -0.2) is 14.8 Å². The second-order valence-corrected chi connectivity index (χ2v) is 10.4. The Hall–Kier alpha value is -3.13. The molecule has 0 radical (unpaired) electrons. The third-order valence-corrected chi connectivity index (χ3v) is 6.15. The molecule has 0 saturated carbocycles. The largest absolute Gasteiger partial charge is 0.444 e. The first-order valence-corrected chi connectivity index (χ1v) is 11.7. The number of nitrogens with zero attached hydrogens (tertiary/aromatic N) is 5. The Bertz CT molecular complexity index is 1230. The predicted molar refractivity (Wildman–Crippen MR) is 131 cm³/mol. The average Bonchev–Trinajstić information content (AvgIpc) is 3.20. The molecule has 0 aliphatic carbocycles. The molecule has 1 aliphatic rings. The topological polar surface area (TPSA) is 80.0 Å². The molecule has 4 heterocycles. The number of halogens is 1. The maximum absolute atomic E-state index is 13.6. The van der Waals surface area contributed by atoms with Gasteiger partial charge in [-0.05, 0) is 57.9 Å². The van der Waals surface area contributed by atoms with E-state index in [4.69, 9.17) is 21.3 Å². The van der Waals surface area contributed by atoms with Crippen molar-refractivity contribution in [2.45, 2.75) is 44.6 Å². The molecule has 4 rings (SSSR count). The molecule has 180 valence electrons. The Morgan fingerprint density at radius 2 is 1.94 bits per heavy atom. The second-order valence-electron chi connectivity index (χ2n) is 9.91. The van der Waals surface area contributed by atoms with Gasteiger partial charge in [0.05, 0.1) is 28.3 Å². The van der Waals surface area contributed by atoms with Gasteiger partial charge < -0.3 is 14.5 Å². The normalized spacial score (nSPS) is 18.7. The lowest BCUT2D eigenvalue weighted by Gasteiger charge is -2.42. The van der Waals surface area contributed by atoms with E-state index in [1.165, 1.54) is 0 Å². The lowest BCUT2D eigenvalue weighted by atomic mass is 9.75. The van der Waals surface area contributed by atoms with Crippen molar-refractivity contribution in [2.75, 3.05) is 27.2 Å². The van der Waals surface area contributed by atoms with Crippen LogP contribution in [0.5, 0.6) is 0 Å². The highest BCUT2D eigenvalue weighted by molar-refractivity contribution is 6.30. The third kappa shape index (κ3) is 4.59. The van der Waals surface area contributed by atoms with Gasteiger partial charge in [0.15, 0.2) is 0 Å². The molecule has 0 aromatic carbocycles. The summed E-state index contributed by atoms with van der Waals surface area (Å²) >= 11 is 6.21. The van der Waals surface area contributed by atoms with E-state index in [-0.39, 0.29) is 12.5 Å². The first-order valence-electron chi connectivity index (χ1n) is 11.3. The number of rotatable bonds is 3. The maximum atomic E-state index is 13.6. The lowest BCUT2D eigenvalue weighted by molar-refractivity contribution is -0.137. The van der Waals surface area contributed by atoms with Crippen LogP contribution < -0.4 is 0 Å². The van der Waals surface area contributed by atoms with Crippen LogP contribution in [0.25, 0.3) is 17.0 Å². The number of carbonyl (C=O) groups is 2. The summed E-state index contributed by atoms with van der Waals surface area (Å²) in [5, 5.41) is 0.586. The number of carbonyl (C=O) groups excluding carboxylic acids is 2. The molecule has 8 nitrogen and oxygen atoms in total. The Balaban J connectivity index is 1.77. The first kappa shape index (κ1) is 24.0. The van der Waals surface area contributed by atoms with E-state index in [1.807, 2.05) is 49.4 Å². The number of hydrogen-bond donors (Lipinski definition) is 0. The van der Waals surface area contributed by atoms with Crippen molar-refractivity contribution in [2.24, 2.45) is 0 Å². The zero-order valence-electron chi connectivity index (χ0n) is 20.2. The van der Waals surface area contributed by atoms with Gasteiger partial charge in [0.2, 0.25) is 5.91 Å². The Morgan fingerprint density at radius 3 is 2.65 bits per heavy atom. The standard InChI is InChI=1S/C25H30ClN5O3/c1-24(2,3)34-23(33)30-13-7-12-25(16-30,22(32)29(4)5)20-9-6-8-18(28-20)19-14-27-21-11-10-17(26)15-31(19)21/h6,8-11,14-15H,7,12-13,16H2,1-5H3. The van der Waals surface area contributed by atoms with E-state index < -0.39 is 17.1 Å². The van der Waals surface area contributed by atoms with Crippen molar-refractivity contribution in [1.82, 2.24) is 24.2 Å². The van der Waals surface area contributed by atoms with Gasteiger partial charge in [-0.15, -0.1) is 0 Å². The van der Waals surface area contributed by atoms with Crippen molar-refractivity contribution in [1.29, 1.82) is 0 Å². The van der Waals surface area contributed by atoms with Crippen LogP contribution in [0.3, 0.4) is 0 Å². The van der Waals surface area contributed by atoms with Crippen LogP contribution >= 0.6 is 11.6 Å². The first-order chi connectivity index (χ1) is 16.0. The summed E-state index contributed by atoms with van der Waals surface area (Å²) in [6, 6.07) is 9.26. The summed E-state index contributed by atoms with van der Waals surface area (Å²) in [6.45, 7) is 6.23. The summed E-state index contributed by atoms with van der Waals surface area (Å²) in [5.41, 5.74) is 1.21. The van der Waals surface area contributed by atoms with Gasteiger partial charge in [0, 0.05) is 33.4 Å². The number of hydrogen-bond acceptors (Lipinski definition) is 5. The van der Waals surface area contributed by atoms with Crippen LogP contribution in [0, 0.1) is 0 Å². The van der Waals surface area contributed by atoms with Crippen molar-refractivity contribution in [3.8, 4) is 11.4 Å². The van der Waals surface area contributed by atoms with Gasteiger partial charge in [-0.1, -0.05) is 17.7 Å². The van der Waals surface area contributed by atoms with Gasteiger partial charge in [0.25, 0.3) is 0 Å². The number of likely N-dealkylation sites (N-methyl/N-ethyl adjacent to an activating group) is 1. The maximum Gasteiger partial charge on any atom is 0.410 e. The van der Waals surface area contributed by atoms with Gasteiger partial charge in [-0.2, -0.15) is 0 Å². The summed E-state index contributed by atoms with van der Waals surface area (Å²) < 4.78 is 7.48. The Labute approximate surface area is 204 Å². The smallest absolute Gasteiger partial charge is 0.410 e. The molecule has 1 fully saturated rings. The molecular formula is C25H30ClN5O3. The van der Waals surface area contributed by atoms with E-state index in [2.05, 4.69) is 4.98 Å². The van der Waals surface area contributed by atoms with E-state index in [9.17, 15) is 9.59 Å². The van der Waals surface area contributed by atoms with E-state index >= 15 is 0 Å². The molecule has 2 amide bonds. The highest BCUT2D eigenvalue weighted by Crippen LogP contribution is 2.36. The molecule has 34 heavy (non-hydrogen) atoms. The van der Waals surface area contributed by atoms with Crippen molar-refractivity contribution in [3.63, 3.8) is 0 Å². The number of imidazole rings is 1. The second kappa shape index (κ2) is 8.91. The number of aromatic nitrogens is 3. The minimum atomic E-state index is -0.979. The molecule has 1 atom stereocenters. The van der Waals surface area contributed by atoms with Crippen LogP contribution in [0.1, 0.15) is 39.3 Å². The van der Waals surface area contributed by atoms with E-state index in [0.717, 1.165) is 11.3 Å². The molecule has 1 unspecified atom stereocenters. The monoisotopic (exact) mass is 483 g/mol. The number of fused-ring (bicyclic) bond motifs is 1. The fourth-order valence-electron chi connectivity index (χ4n) is 4.45. The minimum absolute atomic E-state index is 0.0911. The molecule has 9 heteroatoms. The summed E-state index contributed by atoms with van der Waals surface area (Å²) in [4.78, 5) is 39.1. The summed E-state index contributed by atoms with van der Waals surface area (Å²) in [6.07, 6.45) is 4.36. The predicted octanol–water partition coefficient (Wildman–Crippen LogP) is 4.41. The molecule has 3 aromatic rings. The molecule has 1 saturated heterocycles. The number of pyridine rings is 2. The minimum Gasteiger partial charge on any atom is -0.444 e. The number of amides is 2. The molecule has 0 bridgehead atoms. The lowest BCUT2D eigenvalue weighted by Crippen LogP contribution is -2.56. The fraction of sp³-hybridized carbons (Fsp3) is 0.440. The molecule has 0 N–H and O–H groups in total. The molecule has 3 aromatic heterocycles. The van der Waals surface area contributed by atoms with Crippen molar-refractivity contribution < 1.29 is 14.3 Å². The molecular weight excluding hydrogens is 454 g/mol. The molecule has 1 aliphatic heterocycles. The number of piperidine rings is 1. The van der Waals surface area contributed by atoms with Gasteiger partial charge in [0.1, 0.15) is 16.7 Å². The van der Waals surface area contributed by atoms with Crippen molar-refractivity contribution >= 4 is 29.2 Å². The quantitative estimate of drug-likeness (QED) is 0.551. The number of likely N-dealkylation sites (tertiary alicyclic amines) is 1. The van der Waals surface area contributed by atoms with Crippen molar-refractivity contribution in [3.05, 3.63) is 53.4 Å². The Morgan fingerprint density at radius 1 is 1.18 bits per heavy atom. The highest BCUT2D eigenvalue weighted by atomic mass is 35.5. The van der Waals surface area contributed by atoms with Gasteiger partial charge in [-0.3, -0.25) is 9.20 Å². The molecule has 0 spiro atoms. The fourth-order valence-corrected chi connectivity index (χ4v) is 4.61. The van der Waals surface area contributed by atoms with E-state index in [0.29, 0.717) is 35.8 Å². The Kier molecular flexibility index (Phi) is 6.29. The number of ether oxygens (including phenoxy) is 1.